The molecule has 1 aromatic carbocycles. The molecule has 0 radical (unpaired) electrons. The van der Waals surface area contributed by atoms with Crippen molar-refractivity contribution in [1.29, 1.82) is 0 Å². The standard InChI is InChI=1S/C14H17FN2O3/c15-10-3-9(4-11(5-10)17(18)19)6-14(8-16)7-12-1-2-13(14)20-12/h3-5,12-13H,1-2,6-8,16H2. The number of nitrogens with zero attached hydrogens (tertiary/aromatic N) is 1. The van der Waals surface area contributed by atoms with E-state index >= 15 is 0 Å². The van der Waals surface area contributed by atoms with Crippen molar-refractivity contribution in [2.24, 2.45) is 11.1 Å². The number of nitro groups is 1. The fraction of sp³-hybridized carbons (Fsp3) is 0.571. The number of ether oxygens (including phenoxy) is 1. The summed E-state index contributed by atoms with van der Waals surface area (Å²) in [4.78, 5) is 10.2. The molecule has 2 heterocycles. The Morgan fingerprint density at radius 1 is 1.45 bits per heavy atom. The first-order chi connectivity index (χ1) is 9.52. The predicted octanol–water partition coefficient (Wildman–Crippen LogP) is 2.17. The number of fused-ring (bicyclic) bond motifs is 2. The zero-order valence-electron chi connectivity index (χ0n) is 11.0. The maximum Gasteiger partial charge on any atom is 0.272 e. The highest BCUT2D eigenvalue weighted by molar-refractivity contribution is 5.36. The van der Waals surface area contributed by atoms with E-state index in [0.29, 0.717) is 18.5 Å². The largest absolute Gasteiger partial charge is 0.374 e. The van der Waals surface area contributed by atoms with Crippen molar-refractivity contribution < 1.29 is 14.1 Å². The highest BCUT2D eigenvalue weighted by Gasteiger charge is 2.51. The fourth-order valence-electron chi connectivity index (χ4n) is 3.61. The highest BCUT2D eigenvalue weighted by atomic mass is 19.1. The average Bonchev–Trinajstić information content (AvgIpc) is 2.98. The molecule has 2 bridgehead atoms. The zero-order chi connectivity index (χ0) is 14.3. The van der Waals surface area contributed by atoms with Gasteiger partial charge in [-0.3, -0.25) is 10.1 Å². The Balaban J connectivity index is 1.88. The van der Waals surface area contributed by atoms with Crippen molar-refractivity contribution in [1.82, 2.24) is 0 Å². The fourth-order valence-corrected chi connectivity index (χ4v) is 3.61. The molecule has 0 saturated carbocycles. The van der Waals surface area contributed by atoms with Gasteiger partial charge in [-0.15, -0.1) is 0 Å². The summed E-state index contributed by atoms with van der Waals surface area (Å²) in [5.74, 6) is -0.578. The molecule has 2 aliphatic rings. The van der Waals surface area contributed by atoms with Crippen molar-refractivity contribution in [2.75, 3.05) is 6.54 Å². The SMILES string of the molecule is NCC1(Cc2cc(F)cc([N+](=O)[O-])c2)CC2CCC1O2. The second-order valence-corrected chi connectivity index (χ2v) is 5.85. The van der Waals surface area contributed by atoms with Crippen LogP contribution in [-0.2, 0) is 11.2 Å². The second kappa shape index (κ2) is 4.79. The molecule has 0 amide bonds. The number of benzene rings is 1. The van der Waals surface area contributed by atoms with E-state index in [1.54, 1.807) is 0 Å². The molecular formula is C14H17FN2O3. The van der Waals surface area contributed by atoms with Crippen LogP contribution in [0.25, 0.3) is 0 Å². The van der Waals surface area contributed by atoms with E-state index in [4.69, 9.17) is 10.5 Å². The molecule has 20 heavy (non-hydrogen) atoms. The topological polar surface area (TPSA) is 78.4 Å². The lowest BCUT2D eigenvalue weighted by Gasteiger charge is -2.34. The highest BCUT2D eigenvalue weighted by Crippen LogP contribution is 2.49. The molecule has 0 aliphatic carbocycles. The molecule has 5 nitrogen and oxygen atoms in total. The number of nitro benzene ring substituents is 1. The molecule has 6 heteroatoms. The molecule has 1 aromatic rings. The summed E-state index contributed by atoms with van der Waals surface area (Å²) in [5, 5.41) is 10.8. The van der Waals surface area contributed by atoms with Crippen LogP contribution in [0, 0.1) is 21.3 Å². The molecule has 0 spiro atoms. The van der Waals surface area contributed by atoms with Gasteiger partial charge in [0.25, 0.3) is 5.69 Å². The van der Waals surface area contributed by atoms with Crippen molar-refractivity contribution >= 4 is 5.69 Å². The number of hydrogen-bond donors (Lipinski definition) is 1. The molecule has 2 N–H and O–H groups in total. The van der Waals surface area contributed by atoms with Crippen LogP contribution >= 0.6 is 0 Å². The third-order valence-corrected chi connectivity index (χ3v) is 4.54. The van der Waals surface area contributed by atoms with Gasteiger partial charge in [-0.25, -0.2) is 4.39 Å². The summed E-state index contributed by atoms with van der Waals surface area (Å²) in [6.07, 6.45) is 3.75. The lowest BCUT2D eigenvalue weighted by atomic mass is 9.70. The van der Waals surface area contributed by atoms with Gasteiger partial charge in [-0.05, 0) is 37.3 Å². The van der Waals surface area contributed by atoms with Crippen molar-refractivity contribution in [3.8, 4) is 0 Å². The molecule has 3 rings (SSSR count). The van der Waals surface area contributed by atoms with Gasteiger partial charge >= 0.3 is 0 Å². The van der Waals surface area contributed by atoms with Gasteiger partial charge in [0.2, 0.25) is 0 Å². The van der Waals surface area contributed by atoms with Gasteiger partial charge in [0.15, 0.2) is 0 Å². The second-order valence-electron chi connectivity index (χ2n) is 5.85. The minimum Gasteiger partial charge on any atom is -0.374 e. The molecule has 108 valence electrons. The Morgan fingerprint density at radius 2 is 2.25 bits per heavy atom. The Bertz CT molecular complexity index is 551. The van der Waals surface area contributed by atoms with Crippen LogP contribution in [0.15, 0.2) is 18.2 Å². The van der Waals surface area contributed by atoms with E-state index < -0.39 is 10.7 Å². The van der Waals surface area contributed by atoms with Crippen LogP contribution in [0.1, 0.15) is 24.8 Å². The number of rotatable bonds is 4. The Labute approximate surface area is 116 Å². The maximum atomic E-state index is 13.5. The quantitative estimate of drug-likeness (QED) is 0.677. The average molecular weight is 280 g/mol. The van der Waals surface area contributed by atoms with Gasteiger partial charge < -0.3 is 10.5 Å². The van der Waals surface area contributed by atoms with Crippen LogP contribution in [-0.4, -0.2) is 23.7 Å². The van der Waals surface area contributed by atoms with Crippen LogP contribution < -0.4 is 5.73 Å². The van der Waals surface area contributed by atoms with Crippen LogP contribution in [0.5, 0.6) is 0 Å². The van der Waals surface area contributed by atoms with E-state index in [1.165, 1.54) is 12.1 Å². The van der Waals surface area contributed by atoms with E-state index in [-0.39, 0.29) is 23.3 Å². The molecule has 0 aromatic heterocycles. The first-order valence-electron chi connectivity index (χ1n) is 6.82. The van der Waals surface area contributed by atoms with Crippen LogP contribution in [0.2, 0.25) is 0 Å². The molecule has 2 aliphatic heterocycles. The summed E-state index contributed by atoms with van der Waals surface area (Å²) in [7, 11) is 0. The van der Waals surface area contributed by atoms with Gasteiger partial charge in [-0.1, -0.05) is 0 Å². The molecule has 3 atom stereocenters. The van der Waals surface area contributed by atoms with E-state index in [9.17, 15) is 14.5 Å². The van der Waals surface area contributed by atoms with Crippen molar-refractivity contribution in [3.63, 3.8) is 0 Å². The summed E-state index contributed by atoms with van der Waals surface area (Å²) >= 11 is 0. The minimum atomic E-state index is -0.578. The summed E-state index contributed by atoms with van der Waals surface area (Å²) < 4.78 is 19.4. The molecule has 2 fully saturated rings. The van der Waals surface area contributed by atoms with Crippen molar-refractivity contribution in [3.05, 3.63) is 39.7 Å². The van der Waals surface area contributed by atoms with Gasteiger partial charge in [0, 0.05) is 18.0 Å². The number of halogens is 1. The third kappa shape index (κ3) is 2.19. The Hall–Kier alpha value is -1.53. The first kappa shape index (κ1) is 13.5. The molecular weight excluding hydrogens is 263 g/mol. The lowest BCUT2D eigenvalue weighted by Crippen LogP contribution is -2.41. The van der Waals surface area contributed by atoms with E-state index in [2.05, 4.69) is 0 Å². The van der Waals surface area contributed by atoms with Gasteiger partial charge in [0.1, 0.15) is 5.82 Å². The lowest BCUT2D eigenvalue weighted by molar-refractivity contribution is -0.385. The number of hydrogen-bond acceptors (Lipinski definition) is 4. The summed E-state index contributed by atoms with van der Waals surface area (Å²) in [6, 6.07) is 3.73. The Kier molecular flexibility index (Phi) is 3.22. The van der Waals surface area contributed by atoms with E-state index in [0.717, 1.165) is 25.3 Å². The molecule has 3 unspecified atom stereocenters. The van der Waals surface area contributed by atoms with E-state index in [1.807, 2.05) is 0 Å². The van der Waals surface area contributed by atoms with Crippen molar-refractivity contribution in [2.45, 2.75) is 37.9 Å². The third-order valence-electron chi connectivity index (χ3n) is 4.54. The number of non-ortho nitro benzene ring substituents is 1. The van der Waals surface area contributed by atoms with Gasteiger partial charge in [-0.2, -0.15) is 0 Å². The zero-order valence-corrected chi connectivity index (χ0v) is 11.0. The Morgan fingerprint density at radius 3 is 2.80 bits per heavy atom. The number of nitrogens with two attached hydrogens (primary N) is 1. The smallest absolute Gasteiger partial charge is 0.272 e. The van der Waals surface area contributed by atoms with Crippen LogP contribution in [0.4, 0.5) is 10.1 Å². The summed E-state index contributed by atoms with van der Waals surface area (Å²) in [5.41, 5.74) is 6.14. The van der Waals surface area contributed by atoms with Gasteiger partial charge in [0.05, 0.1) is 23.2 Å². The minimum absolute atomic E-state index is 0.0971. The monoisotopic (exact) mass is 280 g/mol. The normalized spacial score (nSPS) is 31.7. The maximum absolute atomic E-state index is 13.5. The first-order valence-corrected chi connectivity index (χ1v) is 6.82. The predicted molar refractivity (Wildman–Crippen MR) is 70.8 cm³/mol. The van der Waals surface area contributed by atoms with Crippen LogP contribution in [0.3, 0.4) is 0 Å². The molecule has 2 saturated heterocycles. The summed E-state index contributed by atoms with van der Waals surface area (Å²) in [6.45, 7) is 0.457.